The Balaban J connectivity index is 2.07. The summed E-state index contributed by atoms with van der Waals surface area (Å²) in [4.78, 5) is 0. The zero-order chi connectivity index (χ0) is 12.3. The molecular formula is C14H12BrFO. The maximum atomic E-state index is 13.4. The van der Waals surface area contributed by atoms with Crippen LogP contribution in [0, 0.1) is 12.7 Å². The highest BCUT2D eigenvalue weighted by atomic mass is 79.9. The summed E-state index contributed by atoms with van der Waals surface area (Å²) in [6, 6.07) is 12.5. The minimum Gasteiger partial charge on any atom is -0.489 e. The number of benzene rings is 2. The van der Waals surface area contributed by atoms with Crippen LogP contribution >= 0.6 is 15.9 Å². The van der Waals surface area contributed by atoms with Gasteiger partial charge in [0, 0.05) is 10.0 Å². The maximum absolute atomic E-state index is 13.4. The molecule has 0 bridgehead atoms. The van der Waals surface area contributed by atoms with Gasteiger partial charge in [0.1, 0.15) is 18.2 Å². The molecule has 0 saturated heterocycles. The lowest BCUT2D eigenvalue weighted by Crippen LogP contribution is -1.98. The van der Waals surface area contributed by atoms with E-state index in [-0.39, 0.29) is 12.4 Å². The predicted molar refractivity (Wildman–Crippen MR) is 69.6 cm³/mol. The van der Waals surface area contributed by atoms with Gasteiger partial charge in [-0.05, 0) is 43.3 Å². The Labute approximate surface area is 108 Å². The molecule has 2 aromatic rings. The van der Waals surface area contributed by atoms with E-state index < -0.39 is 0 Å². The SMILES string of the molecule is Cc1ccc(F)c(COc2ccc(Br)cc2)c1. The van der Waals surface area contributed by atoms with Crippen LogP contribution in [0.15, 0.2) is 46.9 Å². The van der Waals surface area contributed by atoms with Gasteiger partial charge in [-0.1, -0.05) is 27.6 Å². The predicted octanol–water partition coefficient (Wildman–Crippen LogP) is 4.48. The molecule has 0 fully saturated rings. The van der Waals surface area contributed by atoms with Gasteiger partial charge in [0.2, 0.25) is 0 Å². The van der Waals surface area contributed by atoms with Crippen molar-refractivity contribution in [2.75, 3.05) is 0 Å². The summed E-state index contributed by atoms with van der Waals surface area (Å²) >= 11 is 3.35. The second kappa shape index (κ2) is 5.32. The molecule has 0 radical (unpaired) electrons. The molecule has 2 rings (SSSR count). The van der Waals surface area contributed by atoms with Crippen LogP contribution in [-0.4, -0.2) is 0 Å². The van der Waals surface area contributed by atoms with Gasteiger partial charge in [0.25, 0.3) is 0 Å². The van der Waals surface area contributed by atoms with Crippen LogP contribution in [0.4, 0.5) is 4.39 Å². The van der Waals surface area contributed by atoms with Crippen molar-refractivity contribution in [1.82, 2.24) is 0 Å². The third-order valence-corrected chi connectivity index (χ3v) is 2.94. The summed E-state index contributed by atoms with van der Waals surface area (Å²) in [5, 5.41) is 0. The molecule has 17 heavy (non-hydrogen) atoms. The molecule has 0 aliphatic heterocycles. The van der Waals surface area contributed by atoms with E-state index >= 15 is 0 Å². The largest absolute Gasteiger partial charge is 0.489 e. The first kappa shape index (κ1) is 12.1. The molecule has 0 saturated carbocycles. The lowest BCUT2D eigenvalue weighted by Gasteiger charge is -2.08. The molecule has 0 aliphatic carbocycles. The van der Waals surface area contributed by atoms with Gasteiger partial charge in [-0.3, -0.25) is 0 Å². The van der Waals surface area contributed by atoms with Crippen molar-refractivity contribution in [3.63, 3.8) is 0 Å². The summed E-state index contributed by atoms with van der Waals surface area (Å²) < 4.78 is 20.0. The highest BCUT2D eigenvalue weighted by molar-refractivity contribution is 9.10. The Morgan fingerprint density at radius 2 is 1.82 bits per heavy atom. The van der Waals surface area contributed by atoms with E-state index in [0.717, 1.165) is 15.8 Å². The smallest absolute Gasteiger partial charge is 0.129 e. The summed E-state index contributed by atoms with van der Waals surface area (Å²) in [5.41, 5.74) is 1.61. The molecule has 2 aromatic carbocycles. The number of hydrogen-bond donors (Lipinski definition) is 0. The van der Waals surface area contributed by atoms with Crippen molar-refractivity contribution in [2.24, 2.45) is 0 Å². The van der Waals surface area contributed by atoms with Crippen molar-refractivity contribution in [2.45, 2.75) is 13.5 Å². The van der Waals surface area contributed by atoms with E-state index in [2.05, 4.69) is 15.9 Å². The van der Waals surface area contributed by atoms with Crippen LogP contribution in [0.3, 0.4) is 0 Å². The van der Waals surface area contributed by atoms with Crippen LogP contribution in [0.1, 0.15) is 11.1 Å². The molecule has 0 heterocycles. The van der Waals surface area contributed by atoms with E-state index in [9.17, 15) is 4.39 Å². The molecule has 0 spiro atoms. The first-order valence-corrected chi connectivity index (χ1v) is 6.08. The first-order chi connectivity index (χ1) is 8.15. The van der Waals surface area contributed by atoms with Crippen molar-refractivity contribution in [3.05, 3.63) is 63.9 Å². The van der Waals surface area contributed by atoms with Crippen molar-refractivity contribution < 1.29 is 9.13 Å². The van der Waals surface area contributed by atoms with E-state index in [1.54, 1.807) is 12.1 Å². The molecule has 3 heteroatoms. The Kier molecular flexibility index (Phi) is 3.79. The fourth-order valence-electron chi connectivity index (χ4n) is 1.51. The first-order valence-electron chi connectivity index (χ1n) is 5.28. The fraction of sp³-hybridized carbons (Fsp3) is 0.143. The van der Waals surface area contributed by atoms with Crippen LogP contribution in [0.2, 0.25) is 0 Å². The lowest BCUT2D eigenvalue weighted by atomic mass is 10.1. The van der Waals surface area contributed by atoms with E-state index in [1.165, 1.54) is 6.07 Å². The Bertz CT molecular complexity index is 508. The summed E-state index contributed by atoms with van der Waals surface area (Å²) in [7, 11) is 0. The molecule has 0 atom stereocenters. The second-order valence-corrected chi connectivity index (χ2v) is 4.75. The fourth-order valence-corrected chi connectivity index (χ4v) is 1.77. The number of aryl methyl sites for hydroxylation is 1. The number of halogens is 2. The van der Waals surface area contributed by atoms with E-state index in [0.29, 0.717) is 5.56 Å². The van der Waals surface area contributed by atoms with Gasteiger partial charge < -0.3 is 4.74 Å². The van der Waals surface area contributed by atoms with Crippen LogP contribution in [0.5, 0.6) is 5.75 Å². The lowest BCUT2D eigenvalue weighted by molar-refractivity contribution is 0.299. The number of rotatable bonds is 3. The van der Waals surface area contributed by atoms with E-state index in [4.69, 9.17) is 4.74 Å². The van der Waals surface area contributed by atoms with Crippen molar-refractivity contribution >= 4 is 15.9 Å². The average Bonchev–Trinajstić information content (AvgIpc) is 2.32. The topological polar surface area (TPSA) is 9.23 Å². The quantitative estimate of drug-likeness (QED) is 0.811. The standard InChI is InChI=1S/C14H12BrFO/c1-10-2-7-14(16)11(8-10)9-17-13-5-3-12(15)4-6-13/h2-8H,9H2,1H3. The highest BCUT2D eigenvalue weighted by Crippen LogP contribution is 2.18. The zero-order valence-corrected chi connectivity index (χ0v) is 11.0. The summed E-state index contributed by atoms with van der Waals surface area (Å²) in [6.45, 7) is 2.18. The van der Waals surface area contributed by atoms with Gasteiger partial charge in [0.05, 0.1) is 0 Å². The Hall–Kier alpha value is -1.35. The van der Waals surface area contributed by atoms with Crippen LogP contribution in [0.25, 0.3) is 0 Å². The number of hydrogen-bond acceptors (Lipinski definition) is 1. The molecule has 0 unspecified atom stereocenters. The summed E-state index contributed by atoms with van der Waals surface area (Å²) in [6.07, 6.45) is 0. The molecule has 88 valence electrons. The normalized spacial score (nSPS) is 10.3. The van der Waals surface area contributed by atoms with Crippen molar-refractivity contribution in [3.8, 4) is 5.75 Å². The van der Waals surface area contributed by atoms with Gasteiger partial charge in [0.15, 0.2) is 0 Å². The third-order valence-electron chi connectivity index (χ3n) is 2.41. The molecule has 0 amide bonds. The van der Waals surface area contributed by atoms with E-state index in [1.807, 2.05) is 31.2 Å². The Morgan fingerprint density at radius 3 is 2.53 bits per heavy atom. The zero-order valence-electron chi connectivity index (χ0n) is 9.41. The van der Waals surface area contributed by atoms with Gasteiger partial charge in [-0.25, -0.2) is 4.39 Å². The summed E-state index contributed by atoms with van der Waals surface area (Å²) in [5.74, 6) is 0.502. The maximum Gasteiger partial charge on any atom is 0.129 e. The monoisotopic (exact) mass is 294 g/mol. The molecule has 0 aromatic heterocycles. The van der Waals surface area contributed by atoms with Crippen LogP contribution < -0.4 is 4.74 Å². The number of ether oxygens (including phenoxy) is 1. The minimum absolute atomic E-state index is 0.229. The molecule has 1 nitrogen and oxygen atoms in total. The highest BCUT2D eigenvalue weighted by Gasteiger charge is 2.03. The second-order valence-electron chi connectivity index (χ2n) is 3.84. The van der Waals surface area contributed by atoms with Crippen molar-refractivity contribution in [1.29, 1.82) is 0 Å². The molecular weight excluding hydrogens is 283 g/mol. The van der Waals surface area contributed by atoms with Gasteiger partial charge >= 0.3 is 0 Å². The third kappa shape index (κ3) is 3.30. The molecule has 0 N–H and O–H groups in total. The minimum atomic E-state index is -0.229. The van der Waals surface area contributed by atoms with Crippen LogP contribution in [-0.2, 0) is 6.61 Å². The van der Waals surface area contributed by atoms with Gasteiger partial charge in [-0.2, -0.15) is 0 Å². The van der Waals surface area contributed by atoms with Gasteiger partial charge in [-0.15, -0.1) is 0 Å². The Morgan fingerprint density at radius 1 is 1.12 bits per heavy atom. The molecule has 0 aliphatic rings. The average molecular weight is 295 g/mol.